The van der Waals surface area contributed by atoms with Crippen molar-refractivity contribution in [1.29, 1.82) is 0 Å². The molecule has 0 bridgehead atoms. The first-order chi connectivity index (χ1) is 15.9. The van der Waals surface area contributed by atoms with Crippen molar-refractivity contribution in [2.24, 2.45) is 5.92 Å². The summed E-state index contributed by atoms with van der Waals surface area (Å²) in [4.78, 5) is 31.5. The van der Waals surface area contributed by atoms with Crippen molar-refractivity contribution >= 4 is 11.9 Å². The highest BCUT2D eigenvalue weighted by atomic mass is 16.4. The number of carbonyl (C=O) groups is 2. The van der Waals surface area contributed by atoms with Crippen molar-refractivity contribution in [3.8, 4) is 11.1 Å². The van der Waals surface area contributed by atoms with Gasteiger partial charge >= 0.3 is 5.97 Å². The summed E-state index contributed by atoms with van der Waals surface area (Å²) in [7, 11) is 0. The number of aryl methyl sites for hydroxylation is 2. The second kappa shape index (κ2) is 10.0. The quantitative estimate of drug-likeness (QED) is 0.592. The van der Waals surface area contributed by atoms with Gasteiger partial charge in [0, 0.05) is 30.7 Å². The first-order valence-corrected chi connectivity index (χ1v) is 11.5. The Morgan fingerprint density at radius 1 is 1.18 bits per heavy atom. The number of benzene rings is 1. The van der Waals surface area contributed by atoms with Gasteiger partial charge in [0.15, 0.2) is 0 Å². The van der Waals surface area contributed by atoms with Crippen LogP contribution in [0.3, 0.4) is 0 Å². The maximum atomic E-state index is 13.4. The molecule has 1 fully saturated rings. The molecule has 2 aliphatic rings. The number of carboxylic acid groups (broad SMARTS) is 1. The number of hydrogen-bond acceptors (Lipinski definition) is 4. The third kappa shape index (κ3) is 5.69. The van der Waals surface area contributed by atoms with Crippen molar-refractivity contribution in [3.05, 3.63) is 77.8 Å². The Hall–Kier alpha value is -3.41. The third-order valence-electron chi connectivity index (χ3n) is 6.42. The first-order valence-electron chi connectivity index (χ1n) is 11.5. The minimum absolute atomic E-state index is 0.134. The van der Waals surface area contributed by atoms with E-state index in [2.05, 4.69) is 36.3 Å². The van der Waals surface area contributed by atoms with Gasteiger partial charge in [-0.15, -0.1) is 0 Å². The van der Waals surface area contributed by atoms with E-state index in [0.29, 0.717) is 18.0 Å². The molecule has 0 saturated heterocycles. The van der Waals surface area contributed by atoms with Gasteiger partial charge in [0.25, 0.3) is 0 Å². The Kier molecular flexibility index (Phi) is 6.92. The van der Waals surface area contributed by atoms with Crippen LogP contribution in [-0.4, -0.2) is 39.5 Å². The molecule has 6 nitrogen and oxygen atoms in total. The highest BCUT2D eigenvalue weighted by Crippen LogP contribution is 2.35. The second-order valence-electron chi connectivity index (χ2n) is 9.09. The van der Waals surface area contributed by atoms with E-state index in [-0.39, 0.29) is 18.4 Å². The number of carbonyl (C=O) groups excluding carboxylic acids is 1. The van der Waals surface area contributed by atoms with Crippen LogP contribution < -0.4 is 5.32 Å². The molecule has 2 N–H and O–H groups in total. The molecule has 2 atom stereocenters. The van der Waals surface area contributed by atoms with Gasteiger partial charge < -0.3 is 15.3 Å². The van der Waals surface area contributed by atoms with Crippen LogP contribution in [0.2, 0.25) is 0 Å². The molecule has 1 saturated carbocycles. The molecule has 4 rings (SSSR count). The van der Waals surface area contributed by atoms with Crippen LogP contribution in [0.1, 0.15) is 48.4 Å². The van der Waals surface area contributed by atoms with E-state index in [1.807, 2.05) is 41.5 Å². The number of aromatic nitrogens is 1. The summed E-state index contributed by atoms with van der Waals surface area (Å²) < 4.78 is 0. The number of allylic oxidation sites excluding steroid dienone is 2. The summed E-state index contributed by atoms with van der Waals surface area (Å²) in [6.45, 7) is 4.78. The maximum Gasteiger partial charge on any atom is 0.305 e. The van der Waals surface area contributed by atoms with Gasteiger partial charge in [-0.25, -0.2) is 0 Å². The van der Waals surface area contributed by atoms with E-state index < -0.39 is 12.0 Å². The number of aliphatic carboxylic acids is 1. The van der Waals surface area contributed by atoms with E-state index in [0.717, 1.165) is 41.5 Å². The zero-order chi connectivity index (χ0) is 23.4. The van der Waals surface area contributed by atoms with Crippen LogP contribution in [0.25, 0.3) is 11.1 Å². The summed E-state index contributed by atoms with van der Waals surface area (Å²) in [6, 6.07) is 7.10. The SMILES string of the molecule is Cc1cccc(C)c1-c1cncc([C@H](CC(=O)O)NC(=O)C(CC2CC2)N2C=CC=CC2)c1. The van der Waals surface area contributed by atoms with Gasteiger partial charge in [-0.3, -0.25) is 14.6 Å². The van der Waals surface area contributed by atoms with E-state index >= 15 is 0 Å². The van der Waals surface area contributed by atoms with Crippen LogP contribution in [-0.2, 0) is 9.59 Å². The standard InChI is InChI=1S/C27H31N3O3/c1-18-7-6-8-19(2)26(18)22-14-21(16-28-17-22)23(15-25(31)32)29-27(33)24(13-20-9-10-20)30-11-4-3-5-12-30/h3-8,11,14,16-17,20,23-24H,9-10,12-13,15H2,1-2H3,(H,29,33)(H,31,32)/t23-,24?/m0/s1. The molecule has 0 spiro atoms. The topological polar surface area (TPSA) is 82.5 Å². The Morgan fingerprint density at radius 3 is 2.58 bits per heavy atom. The third-order valence-corrected chi connectivity index (χ3v) is 6.42. The maximum absolute atomic E-state index is 13.4. The number of nitrogens with zero attached hydrogens (tertiary/aromatic N) is 2. The lowest BCUT2D eigenvalue weighted by Crippen LogP contribution is -2.46. The highest BCUT2D eigenvalue weighted by molar-refractivity contribution is 5.83. The lowest BCUT2D eigenvalue weighted by Gasteiger charge is -2.31. The first kappa shape index (κ1) is 22.8. The molecular formula is C27H31N3O3. The molecule has 1 aliphatic carbocycles. The molecule has 1 aromatic carbocycles. The number of carboxylic acids is 1. The minimum atomic E-state index is -0.961. The fourth-order valence-electron chi connectivity index (χ4n) is 4.53. The van der Waals surface area contributed by atoms with Gasteiger partial charge in [0.1, 0.15) is 6.04 Å². The molecule has 0 radical (unpaired) electrons. The number of pyridine rings is 1. The summed E-state index contributed by atoms with van der Waals surface area (Å²) in [6.07, 6.45) is 14.2. The largest absolute Gasteiger partial charge is 0.481 e. The lowest BCUT2D eigenvalue weighted by molar-refractivity contribution is -0.138. The summed E-state index contributed by atoms with van der Waals surface area (Å²) >= 11 is 0. The zero-order valence-electron chi connectivity index (χ0n) is 19.2. The highest BCUT2D eigenvalue weighted by Gasteiger charge is 2.33. The molecule has 1 aromatic heterocycles. The van der Waals surface area contributed by atoms with Gasteiger partial charge in [0.05, 0.1) is 12.5 Å². The Morgan fingerprint density at radius 2 is 1.94 bits per heavy atom. The van der Waals surface area contributed by atoms with E-state index in [1.165, 1.54) is 0 Å². The Balaban J connectivity index is 1.60. The van der Waals surface area contributed by atoms with E-state index in [4.69, 9.17) is 0 Å². The second-order valence-corrected chi connectivity index (χ2v) is 9.09. The van der Waals surface area contributed by atoms with Crippen molar-refractivity contribution < 1.29 is 14.7 Å². The van der Waals surface area contributed by atoms with Gasteiger partial charge in [-0.05, 0) is 60.6 Å². The van der Waals surface area contributed by atoms with Crippen molar-refractivity contribution in [3.63, 3.8) is 0 Å². The van der Waals surface area contributed by atoms with Crippen molar-refractivity contribution in [1.82, 2.24) is 15.2 Å². The smallest absolute Gasteiger partial charge is 0.305 e. The Labute approximate surface area is 195 Å². The van der Waals surface area contributed by atoms with Crippen LogP contribution in [0.5, 0.6) is 0 Å². The fraction of sp³-hybridized carbons (Fsp3) is 0.370. The van der Waals surface area contributed by atoms with Crippen molar-refractivity contribution in [2.75, 3.05) is 6.54 Å². The Bertz CT molecular complexity index is 1070. The predicted octanol–water partition coefficient (Wildman–Crippen LogP) is 4.55. The molecule has 1 aliphatic heterocycles. The molecule has 2 aromatic rings. The van der Waals surface area contributed by atoms with E-state index in [9.17, 15) is 14.7 Å². The lowest BCUT2D eigenvalue weighted by atomic mass is 9.94. The molecular weight excluding hydrogens is 414 g/mol. The van der Waals surface area contributed by atoms with Crippen LogP contribution in [0.15, 0.2) is 61.1 Å². The number of rotatable bonds is 9. The molecule has 1 unspecified atom stereocenters. The van der Waals surface area contributed by atoms with Gasteiger partial charge in [-0.2, -0.15) is 0 Å². The van der Waals surface area contributed by atoms with Crippen molar-refractivity contribution in [2.45, 2.75) is 51.6 Å². The number of nitrogens with one attached hydrogen (secondary N) is 1. The minimum Gasteiger partial charge on any atom is -0.481 e. The number of hydrogen-bond donors (Lipinski definition) is 2. The zero-order valence-corrected chi connectivity index (χ0v) is 19.2. The summed E-state index contributed by atoms with van der Waals surface area (Å²) in [5.74, 6) is -0.532. The average molecular weight is 446 g/mol. The normalized spacial score (nSPS) is 17.0. The van der Waals surface area contributed by atoms with Gasteiger partial charge in [-0.1, -0.05) is 43.2 Å². The van der Waals surface area contributed by atoms with Crippen LogP contribution >= 0.6 is 0 Å². The fourth-order valence-corrected chi connectivity index (χ4v) is 4.53. The predicted molar refractivity (Wildman–Crippen MR) is 128 cm³/mol. The monoisotopic (exact) mass is 445 g/mol. The molecule has 1 amide bonds. The van der Waals surface area contributed by atoms with E-state index in [1.54, 1.807) is 12.4 Å². The molecule has 33 heavy (non-hydrogen) atoms. The molecule has 2 heterocycles. The average Bonchev–Trinajstić information content (AvgIpc) is 3.62. The molecule has 6 heteroatoms. The van der Waals surface area contributed by atoms with Gasteiger partial charge in [0.2, 0.25) is 5.91 Å². The summed E-state index contributed by atoms with van der Waals surface area (Å²) in [5.41, 5.74) is 4.96. The van der Waals surface area contributed by atoms with Crippen LogP contribution in [0.4, 0.5) is 0 Å². The number of amides is 1. The van der Waals surface area contributed by atoms with Crippen LogP contribution in [0, 0.1) is 19.8 Å². The summed E-state index contributed by atoms with van der Waals surface area (Å²) in [5, 5.41) is 12.6. The molecule has 172 valence electrons.